The molecule has 4 rings (SSSR count). The summed E-state index contributed by atoms with van der Waals surface area (Å²) in [5.74, 6) is -0.768. The van der Waals surface area contributed by atoms with Crippen molar-refractivity contribution in [2.45, 2.75) is 26.1 Å². The summed E-state index contributed by atoms with van der Waals surface area (Å²) < 4.78 is 39.5. The van der Waals surface area contributed by atoms with Gasteiger partial charge >= 0.3 is 6.18 Å². The molecular weight excluding hydrogens is 473 g/mol. The molecule has 2 aromatic heterocycles. The van der Waals surface area contributed by atoms with Crippen molar-refractivity contribution < 1.29 is 18.0 Å². The molecule has 35 heavy (non-hydrogen) atoms. The van der Waals surface area contributed by atoms with E-state index in [1.165, 1.54) is 13.1 Å². The smallest absolute Gasteiger partial charge is 0.306 e. The van der Waals surface area contributed by atoms with Crippen molar-refractivity contribution in [1.82, 2.24) is 9.97 Å². The summed E-state index contributed by atoms with van der Waals surface area (Å²) >= 11 is 1.11. The number of thiazole rings is 1. The molecule has 0 aliphatic carbocycles. The number of hydrogen-bond donors (Lipinski definition) is 1. The van der Waals surface area contributed by atoms with Crippen molar-refractivity contribution >= 4 is 28.8 Å². The van der Waals surface area contributed by atoms with Crippen LogP contribution in [-0.2, 0) is 6.18 Å². The Balaban J connectivity index is 1.57. The number of rotatable bonds is 6. The zero-order valence-corrected chi connectivity index (χ0v) is 19.7. The number of aryl methyl sites for hydroxylation is 1. The van der Waals surface area contributed by atoms with E-state index in [1.54, 1.807) is 0 Å². The van der Waals surface area contributed by atoms with Crippen LogP contribution in [0.3, 0.4) is 0 Å². The summed E-state index contributed by atoms with van der Waals surface area (Å²) in [4.78, 5) is 26.0. The molecule has 0 radical (unpaired) electrons. The number of amides is 1. The first-order valence-electron chi connectivity index (χ1n) is 10.7. The second kappa shape index (κ2) is 10.2. The second-order valence-corrected chi connectivity index (χ2v) is 8.84. The third-order valence-electron chi connectivity index (χ3n) is 5.24. The van der Waals surface area contributed by atoms with Crippen LogP contribution in [0.25, 0.3) is 0 Å². The fraction of sp³-hybridized carbons (Fsp3) is 0.154. The van der Waals surface area contributed by atoms with Crippen LogP contribution >= 0.6 is 11.3 Å². The van der Waals surface area contributed by atoms with Crippen molar-refractivity contribution in [3.05, 3.63) is 111 Å². The van der Waals surface area contributed by atoms with Crippen molar-refractivity contribution in [1.29, 1.82) is 0 Å². The summed E-state index contributed by atoms with van der Waals surface area (Å²) in [5.41, 5.74) is 1.80. The highest BCUT2D eigenvalue weighted by Gasteiger charge is 2.33. The van der Waals surface area contributed by atoms with Gasteiger partial charge in [0.15, 0.2) is 0 Å². The summed E-state index contributed by atoms with van der Waals surface area (Å²) in [6.07, 6.45) is -2.07. The van der Waals surface area contributed by atoms with Crippen molar-refractivity contribution in [3.8, 4) is 0 Å². The molecule has 0 aliphatic heterocycles. The Kier molecular flexibility index (Phi) is 7.07. The number of pyridine rings is 1. The molecule has 0 bridgehead atoms. The predicted octanol–water partition coefficient (Wildman–Crippen LogP) is 6.72. The maximum absolute atomic E-state index is 13.2. The molecule has 5 nitrogen and oxygen atoms in total. The minimum absolute atomic E-state index is 0.0196. The molecule has 178 valence electrons. The van der Waals surface area contributed by atoms with E-state index >= 15 is 0 Å². The zero-order valence-electron chi connectivity index (χ0n) is 18.9. The van der Waals surface area contributed by atoms with Crippen LogP contribution in [-0.4, -0.2) is 21.6 Å². The first-order valence-corrected chi connectivity index (χ1v) is 11.5. The fourth-order valence-electron chi connectivity index (χ4n) is 3.48. The molecule has 0 atom stereocenters. The number of aliphatic imine (C=N–C) groups is 1. The molecule has 0 saturated carbocycles. The van der Waals surface area contributed by atoms with Gasteiger partial charge in [0.25, 0.3) is 5.91 Å². The van der Waals surface area contributed by atoms with Gasteiger partial charge in [-0.3, -0.25) is 9.79 Å². The van der Waals surface area contributed by atoms with E-state index in [2.05, 4.69) is 15.3 Å². The molecule has 2 heterocycles. The molecule has 2 aromatic carbocycles. The monoisotopic (exact) mass is 494 g/mol. The topological polar surface area (TPSA) is 67.2 Å². The van der Waals surface area contributed by atoms with Gasteiger partial charge in [-0.05, 0) is 36.6 Å². The molecule has 0 unspecified atom stereocenters. The van der Waals surface area contributed by atoms with Gasteiger partial charge in [-0.25, -0.2) is 9.97 Å². The Morgan fingerprint density at radius 1 is 0.971 bits per heavy atom. The number of benzene rings is 2. The van der Waals surface area contributed by atoms with E-state index in [0.717, 1.165) is 34.7 Å². The predicted molar refractivity (Wildman–Crippen MR) is 131 cm³/mol. The third kappa shape index (κ3) is 5.81. The largest absolute Gasteiger partial charge is 0.416 e. The lowest BCUT2D eigenvalue weighted by Crippen LogP contribution is -2.14. The summed E-state index contributed by atoms with van der Waals surface area (Å²) in [7, 11) is 0. The van der Waals surface area contributed by atoms with Gasteiger partial charge in [-0.1, -0.05) is 60.7 Å². The molecule has 0 fully saturated rings. The molecular formula is C26H21F3N4OS. The lowest BCUT2D eigenvalue weighted by Gasteiger charge is -2.14. The van der Waals surface area contributed by atoms with Crippen LogP contribution in [0.2, 0.25) is 0 Å². The van der Waals surface area contributed by atoms with E-state index in [0.29, 0.717) is 10.7 Å². The van der Waals surface area contributed by atoms with Crippen molar-refractivity contribution in [2.24, 2.45) is 4.99 Å². The van der Waals surface area contributed by atoms with E-state index < -0.39 is 17.6 Å². The number of aromatic nitrogens is 2. The Morgan fingerprint density at radius 3 is 2.14 bits per heavy atom. The number of nitrogens with zero attached hydrogens (tertiary/aromatic N) is 3. The molecule has 1 amide bonds. The van der Waals surface area contributed by atoms with Crippen molar-refractivity contribution in [3.63, 3.8) is 0 Å². The Morgan fingerprint density at radius 2 is 1.57 bits per heavy atom. The fourth-order valence-corrected chi connectivity index (χ4v) is 4.25. The van der Waals surface area contributed by atoms with Gasteiger partial charge < -0.3 is 5.32 Å². The highest BCUT2D eigenvalue weighted by molar-refractivity contribution is 7.15. The number of anilines is 1. The highest BCUT2D eigenvalue weighted by atomic mass is 32.1. The van der Waals surface area contributed by atoms with Crippen LogP contribution in [0.4, 0.5) is 19.0 Å². The molecule has 9 heteroatoms. The van der Waals surface area contributed by atoms with E-state index in [9.17, 15) is 18.0 Å². The maximum Gasteiger partial charge on any atom is 0.416 e. The Hall–Kier alpha value is -3.85. The van der Waals surface area contributed by atoms with Gasteiger partial charge in [-0.2, -0.15) is 13.2 Å². The highest BCUT2D eigenvalue weighted by Crippen LogP contribution is 2.33. The quantitative estimate of drug-likeness (QED) is 0.303. The first kappa shape index (κ1) is 24.3. The normalized spacial score (nSPS) is 12.1. The van der Waals surface area contributed by atoms with Crippen LogP contribution in [0, 0.1) is 6.92 Å². The average molecular weight is 495 g/mol. The number of carbonyl (C=O) groups excluding carboxylic acids is 1. The van der Waals surface area contributed by atoms with Crippen LogP contribution < -0.4 is 5.32 Å². The van der Waals surface area contributed by atoms with Gasteiger partial charge in [0, 0.05) is 6.20 Å². The Bertz CT molecular complexity index is 1310. The molecule has 0 spiro atoms. The van der Waals surface area contributed by atoms with E-state index in [1.807, 2.05) is 67.6 Å². The zero-order chi connectivity index (χ0) is 25.0. The van der Waals surface area contributed by atoms with E-state index in [4.69, 9.17) is 4.99 Å². The third-order valence-corrected chi connectivity index (χ3v) is 6.35. The van der Waals surface area contributed by atoms with Crippen molar-refractivity contribution in [2.75, 3.05) is 5.32 Å². The van der Waals surface area contributed by atoms with Gasteiger partial charge in [-0.15, -0.1) is 11.3 Å². The minimum Gasteiger partial charge on any atom is -0.306 e. The SMILES string of the molecule is CC(=NC(c1ccccc1)c1ccccc1)c1ncc(C(=O)Nc2cc(C(F)(F)F)c(C)cn2)s1. The van der Waals surface area contributed by atoms with Gasteiger partial charge in [0.05, 0.1) is 17.5 Å². The lowest BCUT2D eigenvalue weighted by molar-refractivity contribution is -0.138. The van der Waals surface area contributed by atoms with Crippen LogP contribution in [0.1, 0.15) is 49.9 Å². The first-order chi connectivity index (χ1) is 16.7. The second-order valence-electron chi connectivity index (χ2n) is 7.80. The number of hydrogen-bond acceptors (Lipinski definition) is 5. The standard InChI is InChI=1S/C26H21F3N4OS/c1-16-14-30-22(13-20(16)26(27,28)29)33-24(34)21-15-31-25(35-21)17(2)32-23(18-9-5-3-6-10-18)19-11-7-4-8-12-19/h3-15,23H,1-2H3,(H,30,33,34). The Labute approximate surface area is 204 Å². The molecule has 0 aliphatic rings. The number of nitrogens with one attached hydrogen (secondary N) is 1. The number of halogens is 3. The summed E-state index contributed by atoms with van der Waals surface area (Å²) in [6.45, 7) is 3.13. The number of alkyl halides is 3. The van der Waals surface area contributed by atoms with Gasteiger partial charge in [0.2, 0.25) is 0 Å². The summed E-state index contributed by atoms with van der Waals surface area (Å²) in [5, 5.41) is 2.96. The molecule has 1 N–H and O–H groups in total. The van der Waals surface area contributed by atoms with E-state index in [-0.39, 0.29) is 22.3 Å². The molecule has 4 aromatic rings. The maximum atomic E-state index is 13.2. The minimum atomic E-state index is -4.54. The molecule has 0 saturated heterocycles. The number of carbonyl (C=O) groups is 1. The van der Waals surface area contributed by atoms with Crippen LogP contribution in [0.15, 0.2) is 84.1 Å². The van der Waals surface area contributed by atoms with Gasteiger partial charge in [0.1, 0.15) is 21.7 Å². The van der Waals surface area contributed by atoms with Crippen LogP contribution in [0.5, 0.6) is 0 Å². The lowest BCUT2D eigenvalue weighted by atomic mass is 9.99. The summed E-state index contributed by atoms with van der Waals surface area (Å²) in [6, 6.07) is 20.2. The average Bonchev–Trinajstić information content (AvgIpc) is 3.35.